The van der Waals surface area contributed by atoms with Crippen LogP contribution in [-0.4, -0.2) is 38.2 Å². The van der Waals surface area contributed by atoms with E-state index >= 15 is 0 Å². The van der Waals surface area contributed by atoms with Crippen LogP contribution in [0.2, 0.25) is 5.02 Å². The summed E-state index contributed by atoms with van der Waals surface area (Å²) in [5.41, 5.74) is 7.23. The number of hydrogen-bond acceptors (Lipinski definition) is 6. The van der Waals surface area contributed by atoms with Crippen LogP contribution in [-0.2, 0) is 12.6 Å². The van der Waals surface area contributed by atoms with Crippen molar-refractivity contribution in [3.05, 3.63) is 58.5 Å². The van der Waals surface area contributed by atoms with E-state index in [1.807, 2.05) is 0 Å². The van der Waals surface area contributed by atoms with Crippen LogP contribution >= 0.6 is 11.6 Å². The third-order valence-electron chi connectivity index (χ3n) is 6.85. The fraction of sp³-hybridized carbons (Fsp3) is 0.435. The SMILES string of the molecule is CNc1ccc(F)c(Cl)c1.Cn1nc(C2CC3CC(O)(c4ncc[nH]4)CC3C2)c(C=O)c1N. The highest BCUT2D eigenvalue weighted by atomic mass is 35.5. The number of halogens is 2. The number of hydrogen-bond donors (Lipinski definition) is 4. The highest BCUT2D eigenvalue weighted by Crippen LogP contribution is 2.56. The summed E-state index contributed by atoms with van der Waals surface area (Å²) in [7, 11) is 3.51. The van der Waals surface area contributed by atoms with Crippen LogP contribution in [0.4, 0.5) is 15.9 Å². The van der Waals surface area contributed by atoms with Gasteiger partial charge in [0, 0.05) is 38.1 Å². The molecule has 5 rings (SSSR count). The van der Waals surface area contributed by atoms with Gasteiger partial charge in [0.2, 0.25) is 0 Å². The number of nitrogens with zero attached hydrogens (tertiary/aromatic N) is 3. The largest absolute Gasteiger partial charge is 0.388 e. The number of carbonyl (C=O) groups excluding carboxylic acids is 1. The minimum absolute atomic E-state index is 0.145. The lowest BCUT2D eigenvalue weighted by Gasteiger charge is -2.22. The highest BCUT2D eigenvalue weighted by Gasteiger charge is 2.51. The predicted octanol–water partition coefficient (Wildman–Crippen LogP) is 3.85. The van der Waals surface area contributed by atoms with Crippen molar-refractivity contribution < 1.29 is 14.3 Å². The second-order valence-corrected chi connectivity index (χ2v) is 9.28. The van der Waals surface area contributed by atoms with Crippen molar-refractivity contribution in [2.45, 2.75) is 37.2 Å². The fourth-order valence-electron chi connectivity index (χ4n) is 5.25. The summed E-state index contributed by atoms with van der Waals surface area (Å²) in [6, 6.07) is 4.49. The molecule has 2 aliphatic rings. The molecule has 176 valence electrons. The van der Waals surface area contributed by atoms with Gasteiger partial charge in [0.15, 0.2) is 6.29 Å². The number of rotatable bonds is 4. The summed E-state index contributed by atoms with van der Waals surface area (Å²) >= 11 is 5.48. The molecule has 0 aliphatic heterocycles. The van der Waals surface area contributed by atoms with E-state index in [9.17, 15) is 14.3 Å². The van der Waals surface area contributed by atoms with Crippen molar-refractivity contribution in [2.75, 3.05) is 18.1 Å². The summed E-state index contributed by atoms with van der Waals surface area (Å²) in [6.07, 6.45) is 7.52. The molecule has 2 unspecified atom stereocenters. The van der Waals surface area contributed by atoms with Crippen molar-refractivity contribution in [1.29, 1.82) is 0 Å². The molecule has 3 aromatic rings. The molecule has 10 heteroatoms. The first-order chi connectivity index (χ1) is 15.8. The molecule has 33 heavy (non-hydrogen) atoms. The van der Waals surface area contributed by atoms with Gasteiger partial charge < -0.3 is 21.1 Å². The number of imidazole rings is 1. The first-order valence-electron chi connectivity index (χ1n) is 10.9. The van der Waals surface area contributed by atoms with Gasteiger partial charge in [-0.2, -0.15) is 5.10 Å². The fourth-order valence-corrected chi connectivity index (χ4v) is 5.43. The number of aldehydes is 1. The number of nitrogens with one attached hydrogen (secondary N) is 2. The average Bonchev–Trinajstić information content (AvgIpc) is 3.55. The highest BCUT2D eigenvalue weighted by molar-refractivity contribution is 6.31. The van der Waals surface area contributed by atoms with Gasteiger partial charge in [-0.1, -0.05) is 11.6 Å². The number of aromatic nitrogens is 4. The summed E-state index contributed by atoms with van der Waals surface area (Å²) in [6.45, 7) is 0. The first-order valence-corrected chi connectivity index (χ1v) is 11.3. The Morgan fingerprint density at radius 1 is 1.36 bits per heavy atom. The topological polar surface area (TPSA) is 122 Å². The Morgan fingerprint density at radius 2 is 2.06 bits per heavy atom. The Hall–Kier alpha value is -2.91. The maximum absolute atomic E-state index is 12.5. The normalized spacial score (nSPS) is 25.9. The molecule has 1 aromatic carbocycles. The molecule has 8 nitrogen and oxygen atoms in total. The zero-order valence-corrected chi connectivity index (χ0v) is 19.3. The number of benzene rings is 1. The summed E-state index contributed by atoms with van der Waals surface area (Å²) in [4.78, 5) is 18.6. The molecule has 0 radical (unpaired) electrons. The van der Waals surface area contributed by atoms with Gasteiger partial charge in [0.1, 0.15) is 23.1 Å². The molecule has 5 N–H and O–H groups in total. The number of aryl methyl sites for hydroxylation is 1. The number of nitrogens with two attached hydrogens (primary N) is 1. The molecule has 0 bridgehead atoms. The Balaban J connectivity index is 0.000000219. The summed E-state index contributed by atoms with van der Waals surface area (Å²) in [5.74, 6) is 1.81. The van der Waals surface area contributed by atoms with Crippen molar-refractivity contribution in [3.8, 4) is 0 Å². The predicted molar refractivity (Wildman–Crippen MR) is 125 cm³/mol. The number of aliphatic hydroxyl groups is 1. The lowest BCUT2D eigenvalue weighted by Crippen LogP contribution is -2.24. The molecular weight excluding hydrogens is 447 g/mol. The standard InChI is InChI=1S/C16H21N5O2.C7H7ClFN/c1-21-14(17)12(8-22)13(20-21)9-4-10-6-16(23,7-11(10)5-9)15-18-2-3-19-15;1-10-5-2-3-7(9)6(8)4-5/h2-3,8-11,23H,4-7,17H2,1H3,(H,18,19);2-4,10H,1H3. The van der Waals surface area contributed by atoms with E-state index in [0.717, 1.165) is 30.5 Å². The van der Waals surface area contributed by atoms with Crippen molar-refractivity contribution in [1.82, 2.24) is 19.7 Å². The Labute approximate surface area is 196 Å². The molecule has 2 aliphatic carbocycles. The maximum atomic E-state index is 12.5. The molecule has 0 saturated heterocycles. The van der Waals surface area contributed by atoms with E-state index in [2.05, 4.69) is 20.4 Å². The van der Waals surface area contributed by atoms with Crippen molar-refractivity contribution >= 4 is 29.4 Å². The van der Waals surface area contributed by atoms with Gasteiger partial charge in [0.25, 0.3) is 0 Å². The lowest BCUT2D eigenvalue weighted by atomic mass is 9.91. The van der Waals surface area contributed by atoms with Gasteiger partial charge in [-0.15, -0.1) is 0 Å². The number of H-pyrrole nitrogens is 1. The van der Waals surface area contributed by atoms with Crippen LogP contribution < -0.4 is 11.1 Å². The lowest BCUT2D eigenvalue weighted by molar-refractivity contribution is 0.0262. The molecule has 2 atom stereocenters. The molecule has 2 heterocycles. The van der Waals surface area contributed by atoms with Crippen LogP contribution in [0.15, 0.2) is 30.6 Å². The third-order valence-corrected chi connectivity index (χ3v) is 7.14. The van der Waals surface area contributed by atoms with Gasteiger partial charge in [-0.3, -0.25) is 9.48 Å². The first kappa shape index (κ1) is 23.3. The van der Waals surface area contributed by atoms with Gasteiger partial charge in [-0.25, -0.2) is 9.37 Å². The molecule has 2 fully saturated rings. The second kappa shape index (κ2) is 9.15. The Bertz CT molecular complexity index is 1120. The van der Waals surface area contributed by atoms with Crippen LogP contribution in [0, 0.1) is 17.7 Å². The molecule has 2 saturated carbocycles. The molecule has 2 aromatic heterocycles. The number of carbonyl (C=O) groups is 1. The van der Waals surface area contributed by atoms with E-state index in [1.54, 1.807) is 37.2 Å². The van der Waals surface area contributed by atoms with Crippen LogP contribution in [0.1, 0.15) is 53.5 Å². The maximum Gasteiger partial charge on any atom is 0.155 e. The van der Waals surface area contributed by atoms with Gasteiger partial charge >= 0.3 is 0 Å². The molecule has 0 amide bonds. The van der Waals surface area contributed by atoms with E-state index < -0.39 is 5.60 Å². The van der Waals surface area contributed by atoms with E-state index in [4.69, 9.17) is 17.3 Å². The number of nitrogen functional groups attached to an aromatic ring is 1. The van der Waals surface area contributed by atoms with Crippen LogP contribution in [0.25, 0.3) is 0 Å². The number of anilines is 2. The zero-order chi connectivity index (χ0) is 23.8. The van der Waals surface area contributed by atoms with E-state index in [-0.39, 0.29) is 16.8 Å². The minimum Gasteiger partial charge on any atom is -0.388 e. The molecule has 0 spiro atoms. The summed E-state index contributed by atoms with van der Waals surface area (Å²) in [5, 5.41) is 18.3. The van der Waals surface area contributed by atoms with Crippen molar-refractivity contribution in [2.24, 2.45) is 18.9 Å². The quantitative estimate of drug-likeness (QED) is 0.426. The Kier molecular flexibility index (Phi) is 6.45. The Morgan fingerprint density at radius 3 is 2.61 bits per heavy atom. The van der Waals surface area contributed by atoms with Crippen LogP contribution in [0.5, 0.6) is 0 Å². The van der Waals surface area contributed by atoms with Gasteiger partial charge in [0.05, 0.1) is 16.3 Å². The summed E-state index contributed by atoms with van der Waals surface area (Å²) < 4.78 is 14.1. The smallest absolute Gasteiger partial charge is 0.155 e. The van der Waals surface area contributed by atoms with E-state index in [1.165, 1.54) is 12.1 Å². The van der Waals surface area contributed by atoms with Crippen molar-refractivity contribution in [3.63, 3.8) is 0 Å². The monoisotopic (exact) mass is 474 g/mol. The molecular formula is C23H28ClFN6O2. The number of fused-ring (bicyclic) bond motifs is 1. The average molecular weight is 475 g/mol. The zero-order valence-electron chi connectivity index (χ0n) is 18.6. The number of aromatic amines is 1. The third kappa shape index (κ3) is 4.47. The van der Waals surface area contributed by atoms with Gasteiger partial charge in [-0.05, 0) is 55.7 Å². The van der Waals surface area contributed by atoms with Crippen LogP contribution in [0.3, 0.4) is 0 Å². The second-order valence-electron chi connectivity index (χ2n) is 8.87. The van der Waals surface area contributed by atoms with E-state index in [0.29, 0.717) is 41.9 Å². The minimum atomic E-state index is -0.847.